The second kappa shape index (κ2) is 6.76. The summed E-state index contributed by atoms with van der Waals surface area (Å²) in [6.07, 6.45) is 0. The zero-order valence-electron chi connectivity index (χ0n) is 10.4. The fourth-order valence-corrected chi connectivity index (χ4v) is 2.78. The lowest BCUT2D eigenvalue weighted by molar-refractivity contribution is -0.118. The molecule has 3 N–H and O–H groups in total. The molecule has 0 bridgehead atoms. The Kier molecular flexibility index (Phi) is 5.03. The minimum Gasteiger partial charge on any atom is -0.481 e. The van der Waals surface area contributed by atoms with Crippen LogP contribution in [0.3, 0.4) is 0 Å². The van der Waals surface area contributed by atoms with Crippen LogP contribution >= 0.6 is 31.9 Å². The number of nitrogens with one attached hydrogen (secondary N) is 1. The number of carbonyl (C=O) groups excluding carboxylic acids is 1. The molecule has 1 amide bonds. The van der Waals surface area contributed by atoms with Crippen molar-refractivity contribution in [3.63, 3.8) is 0 Å². The van der Waals surface area contributed by atoms with E-state index in [1.165, 1.54) is 0 Å². The molecule has 0 aliphatic rings. The molecule has 2 aromatic rings. The number of anilines is 2. The zero-order chi connectivity index (χ0) is 14.5. The summed E-state index contributed by atoms with van der Waals surface area (Å²) < 4.78 is 7.05. The molecule has 4 nitrogen and oxygen atoms in total. The van der Waals surface area contributed by atoms with E-state index in [4.69, 9.17) is 10.5 Å². The molecule has 0 radical (unpaired) electrons. The molecule has 0 fully saturated rings. The maximum atomic E-state index is 11.8. The summed E-state index contributed by atoms with van der Waals surface area (Å²) >= 11 is 6.74. The predicted molar refractivity (Wildman–Crippen MR) is 86.8 cm³/mol. The van der Waals surface area contributed by atoms with Crippen LogP contribution in [0.5, 0.6) is 5.75 Å². The molecule has 0 heterocycles. The smallest absolute Gasteiger partial charge is 0.262 e. The van der Waals surface area contributed by atoms with Gasteiger partial charge in [-0.3, -0.25) is 4.79 Å². The Morgan fingerprint density at radius 3 is 2.40 bits per heavy atom. The van der Waals surface area contributed by atoms with Gasteiger partial charge in [0.25, 0.3) is 5.91 Å². The van der Waals surface area contributed by atoms with E-state index in [0.717, 1.165) is 8.95 Å². The normalized spacial score (nSPS) is 10.1. The Morgan fingerprint density at radius 2 is 1.75 bits per heavy atom. The molecule has 2 aromatic carbocycles. The minimum absolute atomic E-state index is 0.102. The molecule has 104 valence electrons. The van der Waals surface area contributed by atoms with Crippen molar-refractivity contribution in [2.24, 2.45) is 0 Å². The third kappa shape index (κ3) is 3.74. The van der Waals surface area contributed by atoms with Crippen molar-refractivity contribution in [1.82, 2.24) is 0 Å². The lowest BCUT2D eigenvalue weighted by atomic mass is 10.3. The summed E-state index contributed by atoms with van der Waals surface area (Å²) in [5.41, 5.74) is 6.85. The molecule has 20 heavy (non-hydrogen) atoms. The van der Waals surface area contributed by atoms with E-state index in [-0.39, 0.29) is 12.5 Å². The van der Waals surface area contributed by atoms with E-state index >= 15 is 0 Å². The lowest BCUT2D eigenvalue weighted by Gasteiger charge is -2.11. The third-order valence-electron chi connectivity index (χ3n) is 2.50. The third-order valence-corrected chi connectivity index (χ3v) is 3.75. The molecular formula is C14H12Br2N2O2. The minimum atomic E-state index is -0.273. The topological polar surface area (TPSA) is 64.3 Å². The molecule has 0 saturated carbocycles. The largest absolute Gasteiger partial charge is 0.481 e. The van der Waals surface area contributed by atoms with Gasteiger partial charge in [0.1, 0.15) is 5.75 Å². The number of hydrogen-bond donors (Lipinski definition) is 2. The average molecular weight is 400 g/mol. The second-order valence-electron chi connectivity index (χ2n) is 3.97. The van der Waals surface area contributed by atoms with Gasteiger partial charge in [-0.1, -0.05) is 18.2 Å². The highest BCUT2D eigenvalue weighted by Gasteiger charge is 2.10. The highest BCUT2D eigenvalue weighted by molar-refractivity contribution is 9.11. The van der Waals surface area contributed by atoms with Crippen molar-refractivity contribution in [1.29, 1.82) is 0 Å². The van der Waals surface area contributed by atoms with Crippen LogP contribution in [0.25, 0.3) is 0 Å². The van der Waals surface area contributed by atoms with Crippen LogP contribution in [0.1, 0.15) is 0 Å². The van der Waals surface area contributed by atoms with Gasteiger partial charge in [-0.15, -0.1) is 0 Å². The van der Waals surface area contributed by atoms with Gasteiger partial charge >= 0.3 is 0 Å². The Balaban J connectivity index is 1.98. The lowest BCUT2D eigenvalue weighted by Crippen LogP contribution is -2.21. The van der Waals surface area contributed by atoms with E-state index < -0.39 is 0 Å². The number of para-hydroxylation sites is 3. The van der Waals surface area contributed by atoms with Gasteiger partial charge in [-0.05, 0) is 56.1 Å². The van der Waals surface area contributed by atoms with Gasteiger partial charge in [0.05, 0.1) is 20.3 Å². The predicted octanol–water partition coefficient (Wildman–Crippen LogP) is 3.81. The van der Waals surface area contributed by atoms with Gasteiger partial charge in [0, 0.05) is 0 Å². The molecule has 0 spiro atoms. The van der Waals surface area contributed by atoms with Crippen molar-refractivity contribution < 1.29 is 9.53 Å². The molecule has 2 rings (SSSR count). The average Bonchev–Trinajstić information content (AvgIpc) is 2.41. The van der Waals surface area contributed by atoms with Crippen LogP contribution in [-0.2, 0) is 4.79 Å². The maximum Gasteiger partial charge on any atom is 0.262 e. The van der Waals surface area contributed by atoms with Crippen molar-refractivity contribution in [3.05, 3.63) is 51.4 Å². The molecular weight excluding hydrogens is 388 g/mol. The Bertz CT molecular complexity index is 612. The summed E-state index contributed by atoms with van der Waals surface area (Å²) in [5, 5.41) is 2.70. The molecule has 6 heteroatoms. The maximum absolute atomic E-state index is 11.8. The fraction of sp³-hybridized carbons (Fsp3) is 0.0714. The van der Waals surface area contributed by atoms with Crippen LogP contribution in [0.15, 0.2) is 51.4 Å². The van der Waals surface area contributed by atoms with Gasteiger partial charge in [0.2, 0.25) is 0 Å². The number of benzene rings is 2. The van der Waals surface area contributed by atoms with Crippen LogP contribution < -0.4 is 15.8 Å². The summed E-state index contributed by atoms with van der Waals surface area (Å²) in [5.74, 6) is 0.314. The zero-order valence-corrected chi connectivity index (χ0v) is 13.6. The van der Waals surface area contributed by atoms with E-state index in [0.29, 0.717) is 17.1 Å². The number of rotatable bonds is 4. The van der Waals surface area contributed by atoms with E-state index in [1.807, 2.05) is 18.2 Å². The molecule has 0 aliphatic heterocycles. The quantitative estimate of drug-likeness (QED) is 0.768. The Morgan fingerprint density at radius 1 is 1.10 bits per heavy atom. The van der Waals surface area contributed by atoms with Crippen molar-refractivity contribution >= 4 is 49.1 Å². The number of halogens is 2. The number of nitrogens with two attached hydrogens (primary N) is 1. The number of hydrogen-bond acceptors (Lipinski definition) is 3. The summed E-state index contributed by atoms with van der Waals surface area (Å²) in [6, 6.07) is 12.6. The fourth-order valence-electron chi connectivity index (χ4n) is 1.56. The molecule has 0 atom stereocenters. The van der Waals surface area contributed by atoms with E-state index in [2.05, 4.69) is 37.2 Å². The summed E-state index contributed by atoms with van der Waals surface area (Å²) in [7, 11) is 0. The number of nitrogen functional groups attached to an aromatic ring is 1. The Hall–Kier alpha value is -1.53. The van der Waals surface area contributed by atoms with Crippen LogP contribution in [0.4, 0.5) is 11.4 Å². The highest BCUT2D eigenvalue weighted by atomic mass is 79.9. The Labute approximate surface area is 133 Å². The van der Waals surface area contributed by atoms with Crippen molar-refractivity contribution in [2.45, 2.75) is 0 Å². The first-order chi connectivity index (χ1) is 9.58. The first-order valence-electron chi connectivity index (χ1n) is 5.79. The summed E-state index contributed by atoms with van der Waals surface area (Å²) in [4.78, 5) is 11.8. The van der Waals surface area contributed by atoms with Gasteiger partial charge < -0.3 is 15.8 Å². The summed E-state index contributed by atoms with van der Waals surface area (Å²) in [6.45, 7) is -0.102. The van der Waals surface area contributed by atoms with Crippen LogP contribution in [0.2, 0.25) is 0 Å². The highest BCUT2D eigenvalue weighted by Crippen LogP contribution is 2.32. The second-order valence-corrected chi connectivity index (χ2v) is 5.68. The monoisotopic (exact) mass is 398 g/mol. The van der Waals surface area contributed by atoms with Crippen LogP contribution in [-0.4, -0.2) is 12.5 Å². The van der Waals surface area contributed by atoms with E-state index in [9.17, 15) is 4.79 Å². The molecule has 0 aliphatic carbocycles. The van der Waals surface area contributed by atoms with Crippen molar-refractivity contribution in [3.8, 4) is 5.75 Å². The van der Waals surface area contributed by atoms with Crippen LogP contribution in [0, 0.1) is 0 Å². The van der Waals surface area contributed by atoms with Gasteiger partial charge in [-0.2, -0.15) is 0 Å². The number of ether oxygens (including phenoxy) is 1. The standard InChI is InChI=1S/C14H12Br2N2O2/c15-9-4-3-5-10(16)14(9)20-8-13(19)18-12-7-2-1-6-11(12)17/h1-7H,8,17H2,(H,18,19). The molecule has 0 saturated heterocycles. The van der Waals surface area contributed by atoms with E-state index in [1.54, 1.807) is 24.3 Å². The van der Waals surface area contributed by atoms with Gasteiger partial charge in [-0.25, -0.2) is 0 Å². The first-order valence-corrected chi connectivity index (χ1v) is 7.37. The number of amides is 1. The first kappa shape index (κ1) is 14.9. The van der Waals surface area contributed by atoms with Crippen molar-refractivity contribution in [2.75, 3.05) is 17.7 Å². The molecule has 0 unspecified atom stereocenters. The SMILES string of the molecule is Nc1ccccc1NC(=O)COc1c(Br)cccc1Br. The van der Waals surface area contributed by atoms with Gasteiger partial charge in [0.15, 0.2) is 6.61 Å². The molecule has 0 aromatic heterocycles. The number of carbonyl (C=O) groups is 1.